The number of halogens is 2. The lowest BCUT2D eigenvalue weighted by Gasteiger charge is -2.07. The van der Waals surface area contributed by atoms with Crippen molar-refractivity contribution in [2.45, 2.75) is 12.8 Å². The molecule has 0 radical (unpaired) electrons. The van der Waals surface area contributed by atoms with Crippen molar-refractivity contribution >= 4 is 16.8 Å². The largest absolute Gasteiger partial charge is 0.441 e. The van der Waals surface area contributed by atoms with Crippen LogP contribution in [0.1, 0.15) is 12.3 Å². The highest BCUT2D eigenvalue weighted by Crippen LogP contribution is 2.24. The number of para-hydroxylation sites is 1. The van der Waals surface area contributed by atoms with Gasteiger partial charge in [0.1, 0.15) is 18.0 Å². The molecule has 0 aliphatic heterocycles. The number of nitrogens with one attached hydrogen (secondary N) is 1. The average Bonchev–Trinajstić information content (AvgIpc) is 3.17. The van der Waals surface area contributed by atoms with Gasteiger partial charge in [-0.05, 0) is 24.3 Å². The van der Waals surface area contributed by atoms with E-state index in [1.165, 1.54) is 18.6 Å². The Balaban J connectivity index is 1.42. The molecule has 7 nitrogen and oxygen atoms in total. The van der Waals surface area contributed by atoms with Crippen LogP contribution in [0.25, 0.3) is 22.2 Å². The normalized spacial score (nSPS) is 11.0. The van der Waals surface area contributed by atoms with Gasteiger partial charge in [0.15, 0.2) is 11.7 Å². The second-order valence-corrected chi connectivity index (χ2v) is 6.21. The molecule has 0 aliphatic carbocycles. The van der Waals surface area contributed by atoms with Crippen molar-refractivity contribution in [3.05, 3.63) is 82.9 Å². The fraction of sp³-hybridized carbons (Fsp3) is 0.100. The second-order valence-electron chi connectivity index (χ2n) is 6.21. The Morgan fingerprint density at radius 2 is 1.97 bits per heavy atom. The SMILES string of the molecule is O=C(CCc1ncc(-c2ccc(F)cc2F)o1)Nn1cnc2ccccc2c1=O. The van der Waals surface area contributed by atoms with Crippen LogP contribution in [0.2, 0.25) is 0 Å². The summed E-state index contributed by atoms with van der Waals surface area (Å²) in [4.78, 5) is 32.7. The van der Waals surface area contributed by atoms with Gasteiger partial charge in [-0.25, -0.2) is 23.4 Å². The molecule has 0 atom stereocenters. The van der Waals surface area contributed by atoms with Crippen LogP contribution in [0.5, 0.6) is 0 Å². The minimum Gasteiger partial charge on any atom is -0.441 e. The van der Waals surface area contributed by atoms with E-state index < -0.39 is 23.1 Å². The van der Waals surface area contributed by atoms with Crippen LogP contribution in [-0.4, -0.2) is 20.6 Å². The third kappa shape index (κ3) is 3.88. The number of amides is 1. The molecule has 0 bridgehead atoms. The highest BCUT2D eigenvalue weighted by atomic mass is 19.1. The number of rotatable bonds is 5. The first-order valence-electron chi connectivity index (χ1n) is 8.67. The highest BCUT2D eigenvalue weighted by molar-refractivity contribution is 5.84. The number of aryl methyl sites for hydroxylation is 1. The highest BCUT2D eigenvalue weighted by Gasteiger charge is 2.13. The van der Waals surface area contributed by atoms with Crippen LogP contribution in [0.4, 0.5) is 8.78 Å². The summed E-state index contributed by atoms with van der Waals surface area (Å²) in [7, 11) is 0. The Hall–Kier alpha value is -3.88. The van der Waals surface area contributed by atoms with E-state index in [9.17, 15) is 18.4 Å². The molecule has 4 aromatic rings. The number of carbonyl (C=O) groups excluding carboxylic acids is 1. The molecule has 1 amide bonds. The molecule has 0 spiro atoms. The van der Waals surface area contributed by atoms with Crippen LogP contribution >= 0.6 is 0 Å². The molecule has 2 aromatic heterocycles. The van der Waals surface area contributed by atoms with E-state index in [4.69, 9.17) is 4.42 Å². The number of carbonyl (C=O) groups is 1. The Kier molecular flexibility index (Phi) is 4.86. The lowest BCUT2D eigenvalue weighted by Crippen LogP contribution is -2.33. The standard InChI is InChI=1S/C20H14F2N4O3/c21-12-5-6-13(15(22)9-12)17-10-23-19(29-17)8-7-18(27)25-26-11-24-16-4-2-1-3-14(16)20(26)28/h1-6,9-11H,7-8H2,(H,25,27). The fourth-order valence-corrected chi connectivity index (χ4v) is 2.80. The summed E-state index contributed by atoms with van der Waals surface area (Å²) in [5.41, 5.74) is 2.67. The molecule has 2 heterocycles. The van der Waals surface area contributed by atoms with Crippen LogP contribution < -0.4 is 11.0 Å². The van der Waals surface area contributed by atoms with E-state index in [-0.39, 0.29) is 30.1 Å². The molecule has 0 fully saturated rings. The predicted molar refractivity (Wildman–Crippen MR) is 101 cm³/mol. The fourth-order valence-electron chi connectivity index (χ4n) is 2.80. The molecule has 1 N–H and O–H groups in total. The van der Waals surface area contributed by atoms with Crippen molar-refractivity contribution < 1.29 is 18.0 Å². The molecule has 146 valence electrons. The third-order valence-corrected chi connectivity index (χ3v) is 4.23. The topological polar surface area (TPSA) is 90.0 Å². The van der Waals surface area contributed by atoms with Gasteiger partial charge in [0.2, 0.25) is 5.91 Å². The summed E-state index contributed by atoms with van der Waals surface area (Å²) in [6, 6.07) is 9.91. The van der Waals surface area contributed by atoms with Crippen LogP contribution in [-0.2, 0) is 11.2 Å². The third-order valence-electron chi connectivity index (χ3n) is 4.23. The quantitative estimate of drug-likeness (QED) is 0.560. The van der Waals surface area contributed by atoms with E-state index in [1.807, 2.05) is 0 Å². The zero-order chi connectivity index (χ0) is 20.4. The molecular weight excluding hydrogens is 382 g/mol. The van der Waals surface area contributed by atoms with Crippen LogP contribution in [0.15, 0.2) is 64.2 Å². The number of hydrogen-bond acceptors (Lipinski definition) is 5. The van der Waals surface area contributed by atoms with Gasteiger partial charge in [0.05, 0.1) is 22.7 Å². The molecule has 9 heteroatoms. The summed E-state index contributed by atoms with van der Waals surface area (Å²) < 4.78 is 33.3. The number of aromatic nitrogens is 3. The number of oxazole rings is 1. The molecule has 4 rings (SSSR count). The van der Waals surface area contributed by atoms with Crippen molar-refractivity contribution in [1.29, 1.82) is 0 Å². The maximum Gasteiger partial charge on any atom is 0.280 e. The Morgan fingerprint density at radius 3 is 2.79 bits per heavy atom. The number of benzene rings is 2. The van der Waals surface area contributed by atoms with Gasteiger partial charge < -0.3 is 4.42 Å². The second kappa shape index (κ2) is 7.63. The van der Waals surface area contributed by atoms with Crippen LogP contribution in [0, 0.1) is 11.6 Å². The van der Waals surface area contributed by atoms with Gasteiger partial charge in [-0.15, -0.1) is 0 Å². The molecule has 29 heavy (non-hydrogen) atoms. The summed E-state index contributed by atoms with van der Waals surface area (Å²) in [5, 5.41) is 0.383. The Morgan fingerprint density at radius 1 is 1.14 bits per heavy atom. The van der Waals surface area contributed by atoms with E-state index in [2.05, 4.69) is 15.4 Å². The van der Waals surface area contributed by atoms with E-state index in [0.717, 1.165) is 16.8 Å². The monoisotopic (exact) mass is 396 g/mol. The molecule has 0 unspecified atom stereocenters. The predicted octanol–water partition coefficient (Wildman–Crippen LogP) is 3.03. The van der Waals surface area contributed by atoms with Crippen molar-refractivity contribution in [2.75, 3.05) is 5.43 Å². The smallest absolute Gasteiger partial charge is 0.280 e. The van der Waals surface area contributed by atoms with E-state index >= 15 is 0 Å². The van der Waals surface area contributed by atoms with Gasteiger partial charge >= 0.3 is 0 Å². The number of nitrogens with zero attached hydrogens (tertiary/aromatic N) is 3. The van der Waals surface area contributed by atoms with Gasteiger partial charge in [0, 0.05) is 18.9 Å². The minimum absolute atomic E-state index is 0.0227. The zero-order valence-electron chi connectivity index (χ0n) is 14.9. The number of hydrogen-bond donors (Lipinski definition) is 1. The van der Waals surface area contributed by atoms with Crippen molar-refractivity contribution in [2.24, 2.45) is 0 Å². The van der Waals surface area contributed by atoms with Gasteiger partial charge in [-0.3, -0.25) is 15.0 Å². The molecular formula is C20H14F2N4O3. The first-order valence-corrected chi connectivity index (χ1v) is 8.67. The molecule has 0 saturated carbocycles. The Bertz CT molecular complexity index is 1270. The first kappa shape index (κ1) is 18.5. The number of fused-ring (bicyclic) bond motifs is 1. The Labute approximate surface area is 162 Å². The van der Waals surface area contributed by atoms with Gasteiger partial charge in [0.25, 0.3) is 5.56 Å². The first-order chi connectivity index (χ1) is 14.0. The summed E-state index contributed by atoms with van der Waals surface area (Å²) >= 11 is 0. The van der Waals surface area contributed by atoms with Gasteiger partial charge in [-0.2, -0.15) is 0 Å². The van der Waals surface area contributed by atoms with Crippen LogP contribution in [0.3, 0.4) is 0 Å². The summed E-state index contributed by atoms with van der Waals surface area (Å²) in [5.74, 6) is -1.57. The van der Waals surface area contributed by atoms with Crippen molar-refractivity contribution in [1.82, 2.24) is 14.6 Å². The maximum absolute atomic E-state index is 13.8. The lowest BCUT2D eigenvalue weighted by molar-refractivity contribution is -0.117. The van der Waals surface area contributed by atoms with E-state index in [1.54, 1.807) is 24.3 Å². The zero-order valence-corrected chi connectivity index (χ0v) is 14.9. The lowest BCUT2D eigenvalue weighted by atomic mass is 10.2. The van der Waals surface area contributed by atoms with Crippen molar-refractivity contribution in [3.63, 3.8) is 0 Å². The van der Waals surface area contributed by atoms with Crippen molar-refractivity contribution in [3.8, 4) is 11.3 Å². The molecule has 0 aliphatic rings. The van der Waals surface area contributed by atoms with E-state index in [0.29, 0.717) is 10.9 Å². The average molecular weight is 396 g/mol. The molecule has 2 aromatic carbocycles. The minimum atomic E-state index is -0.770. The summed E-state index contributed by atoms with van der Waals surface area (Å²) in [6.45, 7) is 0. The summed E-state index contributed by atoms with van der Waals surface area (Å²) in [6.07, 6.45) is 2.65. The molecule has 0 saturated heterocycles. The maximum atomic E-state index is 13.8. The van der Waals surface area contributed by atoms with Gasteiger partial charge in [-0.1, -0.05) is 12.1 Å².